The van der Waals surface area contributed by atoms with E-state index in [4.69, 9.17) is 14.2 Å². The molecule has 0 heterocycles. The van der Waals surface area contributed by atoms with E-state index >= 15 is 0 Å². The molecule has 0 amide bonds. The Morgan fingerprint density at radius 3 is 1.03 bits per heavy atom. The van der Waals surface area contributed by atoms with E-state index in [0.717, 1.165) is 103 Å². The molecule has 0 aliphatic heterocycles. The number of hydrogen-bond acceptors (Lipinski definition) is 6. The molecule has 0 aliphatic rings. The molecule has 0 saturated heterocycles. The molecule has 1 unspecified atom stereocenters. The van der Waals surface area contributed by atoms with Gasteiger partial charge < -0.3 is 14.2 Å². The minimum absolute atomic E-state index is 0.106. The van der Waals surface area contributed by atoms with Crippen LogP contribution in [-0.2, 0) is 28.6 Å². The molecular formula is C61H102O6. The Balaban J connectivity index is 4.47. The van der Waals surface area contributed by atoms with Gasteiger partial charge in [-0.3, -0.25) is 14.4 Å². The molecule has 0 aliphatic carbocycles. The largest absolute Gasteiger partial charge is 0.462 e. The lowest BCUT2D eigenvalue weighted by Crippen LogP contribution is -2.30. The van der Waals surface area contributed by atoms with Crippen molar-refractivity contribution in [3.63, 3.8) is 0 Å². The highest BCUT2D eigenvalue weighted by atomic mass is 16.6. The van der Waals surface area contributed by atoms with E-state index in [1.165, 1.54) is 103 Å². The first-order chi connectivity index (χ1) is 33.0. The van der Waals surface area contributed by atoms with Crippen molar-refractivity contribution in [1.82, 2.24) is 0 Å². The maximum Gasteiger partial charge on any atom is 0.306 e. The molecule has 0 saturated carbocycles. The highest BCUT2D eigenvalue weighted by Crippen LogP contribution is 2.14. The lowest BCUT2D eigenvalue weighted by molar-refractivity contribution is -0.166. The Labute approximate surface area is 413 Å². The van der Waals surface area contributed by atoms with Crippen LogP contribution in [0.3, 0.4) is 0 Å². The van der Waals surface area contributed by atoms with E-state index in [-0.39, 0.29) is 37.5 Å². The summed E-state index contributed by atoms with van der Waals surface area (Å²) in [5, 5.41) is 0. The molecule has 0 aromatic rings. The number of ether oxygens (including phenoxy) is 3. The van der Waals surface area contributed by atoms with Crippen molar-refractivity contribution in [1.29, 1.82) is 0 Å². The maximum atomic E-state index is 12.8. The zero-order chi connectivity index (χ0) is 48.6. The summed E-state index contributed by atoms with van der Waals surface area (Å²) in [6.07, 6.45) is 72.6. The number of allylic oxidation sites excluding steroid dienone is 16. The van der Waals surface area contributed by atoms with Crippen LogP contribution in [0.2, 0.25) is 0 Å². The van der Waals surface area contributed by atoms with Gasteiger partial charge in [-0.2, -0.15) is 0 Å². The third kappa shape index (κ3) is 53.2. The fourth-order valence-corrected chi connectivity index (χ4v) is 7.40. The van der Waals surface area contributed by atoms with Crippen LogP contribution in [0, 0.1) is 0 Å². The standard InChI is InChI=1S/C61H102O6/c1-4-7-10-13-16-19-22-25-27-29-30-32-33-36-39-42-45-48-51-54-60(63)66-57-58(56-65-59(62)53-50-47-44-41-38-35-24-21-18-15-12-9-6-3)67-61(64)55-52-49-46-43-40-37-34-31-28-26-23-20-17-14-11-8-5-2/h7,10,16-17,19-20,25-28,30,32,35,38,44,47,58H,4-6,8-9,11-15,18,21-24,29,31,33-34,36-37,39-43,45-46,48-57H2,1-3H3/b10-7+,19-16+,20-17+,27-25+,28-26+,32-30+,38-35+,47-44+. The van der Waals surface area contributed by atoms with Crippen molar-refractivity contribution in [2.75, 3.05) is 13.2 Å². The highest BCUT2D eigenvalue weighted by molar-refractivity contribution is 5.71. The summed E-state index contributed by atoms with van der Waals surface area (Å²) in [4.78, 5) is 38.1. The molecule has 0 bridgehead atoms. The third-order valence-electron chi connectivity index (χ3n) is 11.6. The zero-order valence-corrected chi connectivity index (χ0v) is 43.6. The Kier molecular flexibility index (Phi) is 51.9. The van der Waals surface area contributed by atoms with Crippen LogP contribution in [0.25, 0.3) is 0 Å². The fraction of sp³-hybridized carbons (Fsp3) is 0.689. The first-order valence-electron chi connectivity index (χ1n) is 27.7. The van der Waals surface area contributed by atoms with E-state index in [1.54, 1.807) is 0 Å². The molecule has 0 N–H and O–H groups in total. The van der Waals surface area contributed by atoms with Crippen LogP contribution in [0.1, 0.15) is 252 Å². The van der Waals surface area contributed by atoms with Crippen molar-refractivity contribution in [3.8, 4) is 0 Å². The predicted octanol–water partition coefficient (Wildman–Crippen LogP) is 18.5. The Hall–Kier alpha value is -3.67. The molecule has 0 aromatic heterocycles. The van der Waals surface area contributed by atoms with Gasteiger partial charge in [0.15, 0.2) is 6.10 Å². The molecule has 0 fully saturated rings. The summed E-state index contributed by atoms with van der Waals surface area (Å²) in [6, 6.07) is 0. The van der Waals surface area contributed by atoms with Crippen molar-refractivity contribution in [3.05, 3.63) is 97.2 Å². The Morgan fingerprint density at radius 1 is 0.313 bits per heavy atom. The molecular weight excluding hydrogens is 829 g/mol. The second-order valence-corrected chi connectivity index (χ2v) is 18.1. The molecule has 0 aromatic carbocycles. The third-order valence-corrected chi connectivity index (χ3v) is 11.6. The molecule has 1 atom stereocenters. The number of esters is 3. The van der Waals surface area contributed by atoms with Crippen molar-refractivity contribution < 1.29 is 28.6 Å². The quantitative estimate of drug-likeness (QED) is 0.0262. The van der Waals surface area contributed by atoms with Gasteiger partial charge in [0.2, 0.25) is 0 Å². The van der Waals surface area contributed by atoms with Crippen LogP contribution >= 0.6 is 0 Å². The molecule has 382 valence electrons. The van der Waals surface area contributed by atoms with Crippen LogP contribution in [-0.4, -0.2) is 37.2 Å². The SMILES string of the molecule is CC/C=C/C/C=C/C/C=C/C/C=C/CCCCCCCCC(=O)OCC(COC(=O)CC/C=C/C/C=C/CCCCCCCC)OC(=O)CCCCCCCCC/C=C/C/C=C/CCCCC. The van der Waals surface area contributed by atoms with Gasteiger partial charge in [-0.05, 0) is 109 Å². The minimum Gasteiger partial charge on any atom is -0.462 e. The zero-order valence-electron chi connectivity index (χ0n) is 43.6. The summed E-state index contributed by atoms with van der Waals surface area (Å²) in [6.45, 7) is 6.42. The molecule has 6 heteroatoms. The fourth-order valence-electron chi connectivity index (χ4n) is 7.40. The topological polar surface area (TPSA) is 78.9 Å². The van der Waals surface area contributed by atoms with E-state index in [0.29, 0.717) is 19.3 Å². The smallest absolute Gasteiger partial charge is 0.306 e. The number of hydrogen-bond donors (Lipinski definition) is 0. The van der Waals surface area contributed by atoms with E-state index in [9.17, 15) is 14.4 Å². The van der Waals surface area contributed by atoms with Gasteiger partial charge >= 0.3 is 17.9 Å². The van der Waals surface area contributed by atoms with Crippen molar-refractivity contribution in [2.24, 2.45) is 0 Å². The Morgan fingerprint density at radius 2 is 0.612 bits per heavy atom. The predicted molar refractivity (Wildman–Crippen MR) is 288 cm³/mol. The normalized spacial score (nSPS) is 12.8. The van der Waals surface area contributed by atoms with E-state index in [1.807, 2.05) is 6.08 Å². The first-order valence-corrected chi connectivity index (χ1v) is 27.7. The first kappa shape index (κ1) is 63.3. The lowest BCUT2D eigenvalue weighted by Gasteiger charge is -2.18. The minimum atomic E-state index is -0.811. The maximum absolute atomic E-state index is 12.8. The van der Waals surface area contributed by atoms with Gasteiger partial charge in [0.25, 0.3) is 0 Å². The molecule has 0 spiro atoms. The summed E-state index contributed by atoms with van der Waals surface area (Å²) in [7, 11) is 0. The molecule has 0 radical (unpaired) electrons. The van der Waals surface area contributed by atoms with Gasteiger partial charge in [0.1, 0.15) is 13.2 Å². The van der Waals surface area contributed by atoms with Crippen LogP contribution < -0.4 is 0 Å². The van der Waals surface area contributed by atoms with E-state index < -0.39 is 6.10 Å². The van der Waals surface area contributed by atoms with Gasteiger partial charge in [-0.25, -0.2) is 0 Å². The lowest BCUT2D eigenvalue weighted by atomic mass is 10.1. The second-order valence-electron chi connectivity index (χ2n) is 18.1. The highest BCUT2D eigenvalue weighted by Gasteiger charge is 2.19. The number of unbranched alkanes of at least 4 members (excludes halogenated alkanes) is 22. The second kappa shape index (κ2) is 54.9. The van der Waals surface area contributed by atoms with E-state index in [2.05, 4.69) is 112 Å². The van der Waals surface area contributed by atoms with Crippen LogP contribution in [0.15, 0.2) is 97.2 Å². The summed E-state index contributed by atoms with van der Waals surface area (Å²) < 4.78 is 16.8. The molecule has 6 nitrogen and oxygen atoms in total. The number of carbonyl (C=O) groups excluding carboxylic acids is 3. The summed E-state index contributed by atoms with van der Waals surface area (Å²) in [5.74, 6) is -0.996. The monoisotopic (exact) mass is 931 g/mol. The molecule has 0 rings (SSSR count). The number of rotatable bonds is 49. The van der Waals surface area contributed by atoms with Crippen LogP contribution in [0.5, 0.6) is 0 Å². The molecule has 67 heavy (non-hydrogen) atoms. The van der Waals surface area contributed by atoms with Gasteiger partial charge in [0, 0.05) is 19.3 Å². The van der Waals surface area contributed by atoms with Crippen molar-refractivity contribution >= 4 is 17.9 Å². The Bertz CT molecular complexity index is 1350. The summed E-state index contributed by atoms with van der Waals surface area (Å²) >= 11 is 0. The van der Waals surface area contributed by atoms with Gasteiger partial charge in [0.05, 0.1) is 0 Å². The number of carbonyl (C=O) groups is 3. The van der Waals surface area contributed by atoms with Gasteiger partial charge in [-0.15, -0.1) is 0 Å². The summed E-state index contributed by atoms with van der Waals surface area (Å²) in [5.41, 5.74) is 0. The van der Waals surface area contributed by atoms with Gasteiger partial charge in [-0.1, -0.05) is 221 Å². The van der Waals surface area contributed by atoms with Crippen LogP contribution in [0.4, 0.5) is 0 Å². The average molecular weight is 931 g/mol. The average Bonchev–Trinajstić information content (AvgIpc) is 3.33. The van der Waals surface area contributed by atoms with Crippen molar-refractivity contribution in [2.45, 2.75) is 258 Å².